The third kappa shape index (κ3) is 3.45. The smallest absolute Gasteiger partial charge is 0.261 e. The highest BCUT2D eigenvalue weighted by molar-refractivity contribution is 7.89. The standard InChI is InChI=1S/C10H15FN2O3S/c1-7(6-14)8(2)13-17(15,16)10-9(11)4-3-5-12-10/h3-5,7-8,13-14H,6H2,1-2H3. The van der Waals surface area contributed by atoms with Crippen LogP contribution in [0.25, 0.3) is 0 Å². The lowest BCUT2D eigenvalue weighted by Gasteiger charge is -2.18. The Hall–Kier alpha value is -1.05. The van der Waals surface area contributed by atoms with Gasteiger partial charge in [-0.3, -0.25) is 0 Å². The van der Waals surface area contributed by atoms with Gasteiger partial charge in [0.1, 0.15) is 0 Å². The second-order valence-electron chi connectivity index (χ2n) is 3.86. The molecule has 1 aromatic heterocycles. The Morgan fingerprint density at radius 3 is 2.71 bits per heavy atom. The van der Waals surface area contributed by atoms with E-state index in [9.17, 15) is 12.8 Å². The van der Waals surface area contributed by atoms with E-state index in [1.807, 2.05) is 0 Å². The van der Waals surface area contributed by atoms with Crippen LogP contribution >= 0.6 is 0 Å². The van der Waals surface area contributed by atoms with Crippen molar-refractivity contribution >= 4 is 10.0 Å². The summed E-state index contributed by atoms with van der Waals surface area (Å²) in [5, 5.41) is 8.27. The van der Waals surface area contributed by atoms with Gasteiger partial charge < -0.3 is 5.11 Å². The minimum Gasteiger partial charge on any atom is -0.396 e. The molecule has 1 heterocycles. The number of halogens is 1. The Kier molecular flexibility index (Phi) is 4.55. The van der Waals surface area contributed by atoms with Gasteiger partial charge in [-0.15, -0.1) is 0 Å². The summed E-state index contributed by atoms with van der Waals surface area (Å²) in [6, 6.07) is 1.84. The highest BCUT2D eigenvalue weighted by Crippen LogP contribution is 2.12. The molecule has 0 amide bonds. The molecule has 0 saturated carbocycles. The molecule has 7 heteroatoms. The lowest BCUT2D eigenvalue weighted by atomic mass is 10.1. The van der Waals surface area contributed by atoms with Crippen LogP contribution in [0.1, 0.15) is 13.8 Å². The van der Waals surface area contributed by atoms with Gasteiger partial charge in [-0.1, -0.05) is 6.92 Å². The van der Waals surface area contributed by atoms with E-state index in [2.05, 4.69) is 9.71 Å². The summed E-state index contributed by atoms with van der Waals surface area (Å²) in [5.41, 5.74) is 0. The first-order valence-electron chi connectivity index (χ1n) is 5.12. The van der Waals surface area contributed by atoms with Crippen molar-refractivity contribution in [1.82, 2.24) is 9.71 Å². The number of hydrogen-bond donors (Lipinski definition) is 2. The maximum atomic E-state index is 13.3. The van der Waals surface area contributed by atoms with E-state index in [1.54, 1.807) is 13.8 Å². The van der Waals surface area contributed by atoms with E-state index >= 15 is 0 Å². The molecule has 2 atom stereocenters. The molecule has 0 spiro atoms. The summed E-state index contributed by atoms with van der Waals surface area (Å²) in [7, 11) is -3.99. The number of nitrogens with one attached hydrogen (secondary N) is 1. The molecular weight excluding hydrogens is 247 g/mol. The van der Waals surface area contributed by atoms with Crippen LogP contribution < -0.4 is 4.72 Å². The van der Waals surface area contributed by atoms with Gasteiger partial charge in [0.15, 0.2) is 5.82 Å². The highest BCUT2D eigenvalue weighted by Gasteiger charge is 2.24. The third-order valence-electron chi connectivity index (χ3n) is 2.46. The second kappa shape index (κ2) is 5.52. The molecule has 0 aliphatic heterocycles. The molecular formula is C10H15FN2O3S. The maximum Gasteiger partial charge on any atom is 0.261 e. The van der Waals surface area contributed by atoms with Crippen LogP contribution in [-0.4, -0.2) is 31.2 Å². The molecule has 0 radical (unpaired) electrons. The van der Waals surface area contributed by atoms with Gasteiger partial charge in [0, 0.05) is 18.8 Å². The summed E-state index contributed by atoms with van der Waals surface area (Å²) >= 11 is 0. The van der Waals surface area contributed by atoms with Crippen LogP contribution in [0, 0.1) is 11.7 Å². The Bertz CT molecular complexity index is 478. The molecule has 96 valence electrons. The quantitative estimate of drug-likeness (QED) is 0.810. The van der Waals surface area contributed by atoms with Crippen molar-refractivity contribution in [1.29, 1.82) is 0 Å². The van der Waals surface area contributed by atoms with Gasteiger partial charge >= 0.3 is 0 Å². The summed E-state index contributed by atoms with van der Waals surface area (Å²) in [4.78, 5) is 3.50. The van der Waals surface area contributed by atoms with Crippen LogP contribution in [0.5, 0.6) is 0 Å². The fourth-order valence-corrected chi connectivity index (χ4v) is 2.50. The van der Waals surface area contributed by atoms with E-state index in [0.717, 1.165) is 6.07 Å². The Labute approximate surface area is 99.7 Å². The number of sulfonamides is 1. The molecule has 2 N–H and O–H groups in total. The number of aliphatic hydroxyl groups excluding tert-OH is 1. The van der Waals surface area contributed by atoms with Gasteiger partial charge in [-0.2, -0.15) is 0 Å². The first-order valence-corrected chi connectivity index (χ1v) is 6.60. The van der Waals surface area contributed by atoms with Gasteiger partial charge in [-0.05, 0) is 25.0 Å². The molecule has 0 saturated heterocycles. The predicted octanol–water partition coefficient (Wildman–Crippen LogP) is 0.516. The van der Waals surface area contributed by atoms with Gasteiger partial charge in [0.05, 0.1) is 0 Å². The van der Waals surface area contributed by atoms with Crippen LogP contribution in [0.4, 0.5) is 4.39 Å². The second-order valence-corrected chi connectivity index (χ2v) is 5.49. The summed E-state index contributed by atoms with van der Waals surface area (Å²) < 4.78 is 39.1. The van der Waals surface area contributed by atoms with Crippen LogP contribution in [-0.2, 0) is 10.0 Å². The molecule has 0 fully saturated rings. The van der Waals surface area contributed by atoms with Crippen molar-refractivity contribution in [3.8, 4) is 0 Å². The maximum absolute atomic E-state index is 13.3. The average molecular weight is 262 g/mol. The fourth-order valence-electron chi connectivity index (χ4n) is 1.14. The van der Waals surface area contributed by atoms with Crippen molar-refractivity contribution in [3.63, 3.8) is 0 Å². The predicted molar refractivity (Wildman–Crippen MR) is 60.2 cm³/mol. The third-order valence-corrected chi connectivity index (χ3v) is 3.95. The number of rotatable bonds is 5. The van der Waals surface area contributed by atoms with Gasteiger partial charge in [0.2, 0.25) is 5.03 Å². The summed E-state index contributed by atoms with van der Waals surface area (Å²) in [5.74, 6) is -1.17. The molecule has 0 aliphatic carbocycles. The van der Waals surface area contributed by atoms with Crippen LogP contribution in [0.3, 0.4) is 0 Å². The number of hydrogen-bond acceptors (Lipinski definition) is 4. The molecule has 1 rings (SSSR count). The fraction of sp³-hybridized carbons (Fsp3) is 0.500. The molecule has 17 heavy (non-hydrogen) atoms. The van der Waals surface area contributed by atoms with Crippen molar-refractivity contribution in [2.24, 2.45) is 5.92 Å². The lowest BCUT2D eigenvalue weighted by molar-refractivity contribution is 0.216. The first-order chi connectivity index (χ1) is 7.88. The zero-order chi connectivity index (χ0) is 13.1. The molecule has 0 aliphatic rings. The van der Waals surface area contributed by atoms with Crippen molar-refractivity contribution in [2.45, 2.75) is 24.9 Å². The van der Waals surface area contributed by atoms with Gasteiger partial charge in [-0.25, -0.2) is 22.5 Å². The van der Waals surface area contributed by atoms with Crippen LogP contribution in [0.2, 0.25) is 0 Å². The average Bonchev–Trinajstić information content (AvgIpc) is 2.27. The van der Waals surface area contributed by atoms with Gasteiger partial charge in [0.25, 0.3) is 10.0 Å². The van der Waals surface area contributed by atoms with Crippen molar-refractivity contribution in [3.05, 3.63) is 24.1 Å². The van der Waals surface area contributed by atoms with E-state index in [-0.39, 0.29) is 12.5 Å². The van der Waals surface area contributed by atoms with Crippen molar-refractivity contribution < 1.29 is 17.9 Å². The largest absolute Gasteiger partial charge is 0.396 e. The molecule has 0 bridgehead atoms. The molecule has 1 aromatic rings. The zero-order valence-corrected chi connectivity index (χ0v) is 10.4. The Morgan fingerprint density at radius 1 is 1.53 bits per heavy atom. The van der Waals surface area contributed by atoms with Crippen LogP contribution in [0.15, 0.2) is 23.4 Å². The SMILES string of the molecule is CC(CO)C(C)NS(=O)(=O)c1ncccc1F. The molecule has 2 unspecified atom stereocenters. The number of pyridine rings is 1. The monoisotopic (exact) mass is 262 g/mol. The minimum absolute atomic E-state index is 0.158. The number of nitrogens with zero attached hydrogens (tertiary/aromatic N) is 1. The van der Waals surface area contributed by atoms with E-state index in [4.69, 9.17) is 5.11 Å². The lowest BCUT2D eigenvalue weighted by Crippen LogP contribution is -2.39. The Balaban J connectivity index is 2.94. The van der Waals surface area contributed by atoms with E-state index in [1.165, 1.54) is 12.3 Å². The number of aromatic nitrogens is 1. The number of aliphatic hydroxyl groups is 1. The summed E-state index contributed by atoms with van der Waals surface area (Å²) in [6.45, 7) is 3.12. The highest BCUT2D eigenvalue weighted by atomic mass is 32.2. The first kappa shape index (κ1) is 14.0. The van der Waals surface area contributed by atoms with E-state index in [0.29, 0.717) is 0 Å². The summed E-state index contributed by atoms with van der Waals surface area (Å²) in [6.07, 6.45) is 1.21. The normalized spacial score (nSPS) is 15.5. The topological polar surface area (TPSA) is 79.3 Å². The minimum atomic E-state index is -3.99. The molecule has 5 nitrogen and oxygen atoms in total. The zero-order valence-electron chi connectivity index (χ0n) is 9.59. The van der Waals surface area contributed by atoms with Crippen molar-refractivity contribution in [2.75, 3.05) is 6.61 Å². The van der Waals surface area contributed by atoms with E-state index < -0.39 is 26.9 Å². The molecule has 0 aromatic carbocycles. The Morgan fingerprint density at radius 2 is 2.18 bits per heavy atom.